The topological polar surface area (TPSA) is 36.9 Å². The SMILES string of the molecule is CCCOC(CC)OC(OCC)OCCC. The van der Waals surface area contributed by atoms with Crippen molar-refractivity contribution in [2.24, 2.45) is 0 Å². The third-order valence-corrected chi connectivity index (χ3v) is 1.86. The predicted molar refractivity (Wildman–Crippen MR) is 63.1 cm³/mol. The maximum absolute atomic E-state index is 5.58. The van der Waals surface area contributed by atoms with E-state index >= 15 is 0 Å². The summed E-state index contributed by atoms with van der Waals surface area (Å²) in [5.74, 6) is 0. The van der Waals surface area contributed by atoms with Crippen LogP contribution in [0.25, 0.3) is 0 Å². The molecule has 0 spiro atoms. The molecule has 0 aromatic heterocycles. The van der Waals surface area contributed by atoms with Gasteiger partial charge in [0.2, 0.25) is 0 Å². The fraction of sp³-hybridized carbons (Fsp3) is 1.00. The largest absolute Gasteiger partial charge is 0.352 e. The van der Waals surface area contributed by atoms with Crippen LogP contribution in [0.3, 0.4) is 0 Å². The molecule has 4 heteroatoms. The Kier molecular flexibility index (Phi) is 11.2. The molecule has 0 saturated carbocycles. The van der Waals surface area contributed by atoms with E-state index in [1.54, 1.807) is 0 Å². The number of hydrogen-bond acceptors (Lipinski definition) is 4. The lowest BCUT2D eigenvalue weighted by Gasteiger charge is -2.23. The van der Waals surface area contributed by atoms with Gasteiger partial charge in [-0.15, -0.1) is 0 Å². The summed E-state index contributed by atoms with van der Waals surface area (Å²) in [6, 6.07) is 0. The molecule has 0 aromatic rings. The molecular weight excluding hydrogens is 208 g/mol. The van der Waals surface area contributed by atoms with E-state index in [0.29, 0.717) is 19.8 Å². The average molecular weight is 234 g/mol. The van der Waals surface area contributed by atoms with E-state index in [9.17, 15) is 0 Å². The van der Waals surface area contributed by atoms with Gasteiger partial charge >= 0.3 is 0 Å². The molecule has 0 aliphatic heterocycles. The van der Waals surface area contributed by atoms with Gasteiger partial charge in [0.1, 0.15) is 0 Å². The second kappa shape index (κ2) is 11.3. The third-order valence-electron chi connectivity index (χ3n) is 1.86. The first kappa shape index (κ1) is 15.8. The van der Waals surface area contributed by atoms with Gasteiger partial charge < -0.3 is 18.9 Å². The lowest BCUT2D eigenvalue weighted by Crippen LogP contribution is -2.29. The van der Waals surface area contributed by atoms with Crippen LogP contribution in [-0.2, 0) is 18.9 Å². The minimum absolute atomic E-state index is 0.242. The molecule has 0 fully saturated rings. The Morgan fingerprint density at radius 3 is 1.94 bits per heavy atom. The van der Waals surface area contributed by atoms with Crippen molar-refractivity contribution < 1.29 is 18.9 Å². The van der Waals surface area contributed by atoms with Gasteiger partial charge in [0.25, 0.3) is 6.48 Å². The normalized spacial score (nSPS) is 15.0. The minimum Gasteiger partial charge on any atom is -0.352 e. The Balaban J connectivity index is 3.90. The van der Waals surface area contributed by atoms with Gasteiger partial charge in [0.05, 0.1) is 6.61 Å². The zero-order chi connectivity index (χ0) is 12.2. The van der Waals surface area contributed by atoms with Crippen LogP contribution in [0.2, 0.25) is 0 Å². The summed E-state index contributed by atoms with van der Waals surface area (Å²) in [7, 11) is 0. The van der Waals surface area contributed by atoms with E-state index in [0.717, 1.165) is 19.3 Å². The number of rotatable bonds is 11. The molecule has 0 saturated heterocycles. The average Bonchev–Trinajstić information content (AvgIpc) is 2.31. The van der Waals surface area contributed by atoms with Gasteiger partial charge in [-0.05, 0) is 26.2 Å². The molecule has 4 nitrogen and oxygen atoms in total. The van der Waals surface area contributed by atoms with Crippen LogP contribution in [0.15, 0.2) is 0 Å². The van der Waals surface area contributed by atoms with Crippen molar-refractivity contribution in [3.05, 3.63) is 0 Å². The van der Waals surface area contributed by atoms with Gasteiger partial charge in [-0.3, -0.25) is 0 Å². The highest BCUT2D eigenvalue weighted by atomic mass is 16.9. The summed E-state index contributed by atoms with van der Waals surface area (Å²) >= 11 is 0. The zero-order valence-corrected chi connectivity index (χ0v) is 11.0. The van der Waals surface area contributed by atoms with E-state index in [1.165, 1.54) is 0 Å². The summed E-state index contributed by atoms with van der Waals surface area (Å²) in [5.41, 5.74) is 0. The number of ether oxygens (including phenoxy) is 4. The molecule has 0 amide bonds. The maximum atomic E-state index is 5.58. The molecule has 0 aliphatic carbocycles. The van der Waals surface area contributed by atoms with Crippen LogP contribution >= 0.6 is 0 Å². The number of hydrogen-bond donors (Lipinski definition) is 0. The van der Waals surface area contributed by atoms with Crippen LogP contribution in [-0.4, -0.2) is 32.6 Å². The van der Waals surface area contributed by atoms with Crippen molar-refractivity contribution in [2.45, 2.75) is 59.7 Å². The van der Waals surface area contributed by atoms with E-state index in [2.05, 4.69) is 6.92 Å². The Hall–Kier alpha value is -0.160. The van der Waals surface area contributed by atoms with Gasteiger partial charge in [-0.25, -0.2) is 0 Å². The molecule has 0 rings (SSSR count). The molecule has 0 aliphatic rings. The summed E-state index contributed by atoms with van der Waals surface area (Å²) in [4.78, 5) is 0. The van der Waals surface area contributed by atoms with Gasteiger partial charge in [-0.1, -0.05) is 20.8 Å². The van der Waals surface area contributed by atoms with E-state index in [4.69, 9.17) is 18.9 Å². The van der Waals surface area contributed by atoms with Crippen LogP contribution in [0.4, 0.5) is 0 Å². The second-order valence-corrected chi connectivity index (χ2v) is 3.46. The van der Waals surface area contributed by atoms with Crippen LogP contribution in [0.5, 0.6) is 0 Å². The predicted octanol–water partition coefficient (Wildman–Crippen LogP) is 2.91. The van der Waals surface area contributed by atoms with Gasteiger partial charge in [0, 0.05) is 13.2 Å². The first-order valence-electron chi connectivity index (χ1n) is 6.28. The molecular formula is C12H26O4. The van der Waals surface area contributed by atoms with E-state index < -0.39 is 6.48 Å². The summed E-state index contributed by atoms with van der Waals surface area (Å²) in [6.07, 6.45) is 2.47. The van der Waals surface area contributed by atoms with Crippen LogP contribution in [0.1, 0.15) is 47.0 Å². The highest BCUT2D eigenvalue weighted by Gasteiger charge is 2.15. The fourth-order valence-corrected chi connectivity index (χ4v) is 1.10. The minimum atomic E-state index is -0.605. The molecule has 16 heavy (non-hydrogen) atoms. The van der Waals surface area contributed by atoms with Gasteiger partial charge in [0.15, 0.2) is 6.29 Å². The summed E-state index contributed by atoms with van der Waals surface area (Å²) in [5, 5.41) is 0. The first-order valence-corrected chi connectivity index (χ1v) is 6.28. The molecule has 0 radical (unpaired) electrons. The highest BCUT2D eigenvalue weighted by molar-refractivity contribution is 4.41. The Labute approximate surface area is 99.2 Å². The Morgan fingerprint density at radius 2 is 1.44 bits per heavy atom. The standard InChI is InChI=1S/C12H26O4/c1-5-9-14-11(7-3)16-12(13-8-4)15-10-6-2/h11-12H,5-10H2,1-4H3. The van der Waals surface area contributed by atoms with Gasteiger partial charge in [-0.2, -0.15) is 0 Å². The fourth-order valence-electron chi connectivity index (χ4n) is 1.10. The molecule has 0 heterocycles. The maximum Gasteiger partial charge on any atom is 0.273 e. The quantitative estimate of drug-likeness (QED) is 0.515. The first-order chi connectivity index (χ1) is 7.78. The van der Waals surface area contributed by atoms with E-state index in [1.807, 2.05) is 20.8 Å². The van der Waals surface area contributed by atoms with Crippen molar-refractivity contribution in [2.75, 3.05) is 19.8 Å². The third kappa shape index (κ3) is 8.05. The molecule has 0 bridgehead atoms. The monoisotopic (exact) mass is 234 g/mol. The smallest absolute Gasteiger partial charge is 0.273 e. The zero-order valence-electron chi connectivity index (χ0n) is 11.0. The molecule has 2 atom stereocenters. The highest BCUT2D eigenvalue weighted by Crippen LogP contribution is 2.08. The second-order valence-electron chi connectivity index (χ2n) is 3.46. The molecule has 0 aromatic carbocycles. The summed E-state index contributed by atoms with van der Waals surface area (Å²) < 4.78 is 21.8. The molecule has 98 valence electrons. The lowest BCUT2D eigenvalue weighted by atomic mass is 10.4. The van der Waals surface area contributed by atoms with Crippen molar-refractivity contribution in [3.8, 4) is 0 Å². The molecule has 2 unspecified atom stereocenters. The van der Waals surface area contributed by atoms with Crippen molar-refractivity contribution >= 4 is 0 Å². The van der Waals surface area contributed by atoms with Crippen molar-refractivity contribution in [3.63, 3.8) is 0 Å². The van der Waals surface area contributed by atoms with Crippen LogP contribution < -0.4 is 0 Å². The van der Waals surface area contributed by atoms with E-state index in [-0.39, 0.29) is 6.29 Å². The Morgan fingerprint density at radius 1 is 0.812 bits per heavy atom. The lowest BCUT2D eigenvalue weighted by molar-refractivity contribution is -0.340. The van der Waals surface area contributed by atoms with Crippen molar-refractivity contribution in [1.29, 1.82) is 0 Å². The molecule has 0 N–H and O–H groups in total. The van der Waals surface area contributed by atoms with Crippen molar-refractivity contribution in [1.82, 2.24) is 0 Å². The van der Waals surface area contributed by atoms with Crippen LogP contribution in [0, 0.1) is 0 Å². The summed E-state index contributed by atoms with van der Waals surface area (Å²) in [6.45, 7) is 9.35. The Bertz CT molecular complexity index is 141.